The van der Waals surface area contributed by atoms with Crippen molar-refractivity contribution < 1.29 is 13.9 Å². The Bertz CT molecular complexity index is 546. The third-order valence-electron chi connectivity index (χ3n) is 2.41. The van der Waals surface area contributed by atoms with E-state index >= 15 is 0 Å². The Balaban J connectivity index is 1.78. The van der Waals surface area contributed by atoms with Gasteiger partial charge >= 0.3 is 0 Å². The van der Waals surface area contributed by atoms with Crippen molar-refractivity contribution in [1.29, 1.82) is 0 Å². The van der Waals surface area contributed by atoms with Gasteiger partial charge < -0.3 is 10.1 Å². The summed E-state index contributed by atoms with van der Waals surface area (Å²) >= 11 is 0. The number of amides is 1. The molecule has 1 aromatic carbocycles. The number of carbonyl (C=O) groups excluding carboxylic acids is 1. The van der Waals surface area contributed by atoms with E-state index in [4.69, 9.17) is 4.74 Å². The van der Waals surface area contributed by atoms with Gasteiger partial charge in [0, 0.05) is 18.9 Å². The molecule has 2 rings (SSSR count). The van der Waals surface area contributed by atoms with Crippen LogP contribution >= 0.6 is 0 Å². The lowest BCUT2D eigenvalue weighted by Gasteiger charge is -2.07. The van der Waals surface area contributed by atoms with Crippen molar-refractivity contribution >= 4 is 5.91 Å². The summed E-state index contributed by atoms with van der Waals surface area (Å²) < 4.78 is 18.3. The Kier molecular flexibility index (Phi) is 4.44. The summed E-state index contributed by atoms with van der Waals surface area (Å²) in [6.07, 6.45) is 3.32. The van der Waals surface area contributed by atoms with Gasteiger partial charge in [-0.3, -0.25) is 9.78 Å². The molecule has 0 atom stereocenters. The van der Waals surface area contributed by atoms with Crippen LogP contribution in [0.5, 0.6) is 5.75 Å². The van der Waals surface area contributed by atoms with Crippen molar-refractivity contribution in [3.05, 3.63) is 60.2 Å². The van der Waals surface area contributed by atoms with E-state index in [1.54, 1.807) is 30.6 Å². The molecule has 1 heterocycles. The van der Waals surface area contributed by atoms with E-state index in [0.29, 0.717) is 6.54 Å². The molecule has 0 aliphatic carbocycles. The topological polar surface area (TPSA) is 51.2 Å². The van der Waals surface area contributed by atoms with Crippen molar-refractivity contribution in [2.75, 3.05) is 6.61 Å². The van der Waals surface area contributed by atoms with Crippen LogP contribution in [0, 0.1) is 5.82 Å². The minimum atomic E-state index is -0.484. The normalized spacial score (nSPS) is 9.95. The molecule has 0 aliphatic rings. The van der Waals surface area contributed by atoms with Gasteiger partial charge in [-0.1, -0.05) is 18.2 Å². The summed E-state index contributed by atoms with van der Waals surface area (Å²) in [4.78, 5) is 15.5. The Morgan fingerprint density at radius 1 is 1.26 bits per heavy atom. The first kappa shape index (κ1) is 13.0. The maximum atomic E-state index is 13.2. The molecule has 0 fully saturated rings. The number of hydrogen-bond acceptors (Lipinski definition) is 3. The molecule has 2 aromatic rings. The second kappa shape index (κ2) is 6.49. The van der Waals surface area contributed by atoms with Crippen LogP contribution in [0.15, 0.2) is 48.8 Å². The highest BCUT2D eigenvalue weighted by atomic mass is 19.1. The van der Waals surface area contributed by atoms with Crippen LogP contribution in [0.1, 0.15) is 5.56 Å². The molecule has 0 bridgehead atoms. The molecule has 0 unspecified atom stereocenters. The molecule has 1 aromatic heterocycles. The maximum Gasteiger partial charge on any atom is 0.258 e. The van der Waals surface area contributed by atoms with Gasteiger partial charge in [0.1, 0.15) is 0 Å². The number of aromatic nitrogens is 1. The fraction of sp³-hybridized carbons (Fsp3) is 0.143. The molecule has 1 N–H and O–H groups in total. The van der Waals surface area contributed by atoms with Crippen molar-refractivity contribution in [1.82, 2.24) is 10.3 Å². The summed E-state index contributed by atoms with van der Waals surface area (Å²) in [6, 6.07) is 9.60. The van der Waals surface area contributed by atoms with E-state index in [2.05, 4.69) is 10.3 Å². The first-order valence-corrected chi connectivity index (χ1v) is 5.78. The number of ether oxygens (including phenoxy) is 1. The number of hydrogen-bond donors (Lipinski definition) is 1. The number of nitrogens with one attached hydrogen (secondary N) is 1. The lowest BCUT2D eigenvalue weighted by atomic mass is 10.3. The zero-order valence-electron chi connectivity index (χ0n) is 10.2. The number of carbonyl (C=O) groups is 1. The molecule has 0 saturated heterocycles. The highest BCUT2D eigenvalue weighted by Gasteiger charge is 2.05. The molecule has 4 nitrogen and oxygen atoms in total. The van der Waals surface area contributed by atoms with E-state index in [9.17, 15) is 9.18 Å². The molecular weight excluding hydrogens is 247 g/mol. The van der Waals surface area contributed by atoms with Gasteiger partial charge in [0.25, 0.3) is 5.91 Å². The minimum Gasteiger partial charge on any atom is -0.481 e. The molecule has 5 heteroatoms. The molecule has 0 radical (unpaired) electrons. The van der Waals surface area contributed by atoms with Gasteiger partial charge in [-0.05, 0) is 23.8 Å². The predicted octanol–water partition coefficient (Wildman–Crippen LogP) is 1.92. The third-order valence-corrected chi connectivity index (χ3v) is 2.41. The van der Waals surface area contributed by atoms with E-state index in [-0.39, 0.29) is 18.3 Å². The van der Waals surface area contributed by atoms with Crippen LogP contribution in [0.3, 0.4) is 0 Å². The van der Waals surface area contributed by atoms with Gasteiger partial charge in [0.15, 0.2) is 18.2 Å². The highest BCUT2D eigenvalue weighted by Crippen LogP contribution is 2.14. The van der Waals surface area contributed by atoms with Crippen LogP contribution < -0.4 is 10.1 Å². The predicted molar refractivity (Wildman–Crippen MR) is 68.0 cm³/mol. The zero-order valence-corrected chi connectivity index (χ0v) is 10.2. The first-order valence-electron chi connectivity index (χ1n) is 5.78. The number of benzene rings is 1. The van der Waals surface area contributed by atoms with Crippen LogP contribution in [0.2, 0.25) is 0 Å². The van der Waals surface area contributed by atoms with Gasteiger partial charge in [0.2, 0.25) is 0 Å². The molecule has 0 spiro atoms. The van der Waals surface area contributed by atoms with Crippen LogP contribution in [-0.2, 0) is 11.3 Å². The standard InChI is InChI=1S/C14H13FN2O2/c15-12-5-1-2-6-13(12)19-10-14(18)17-9-11-4-3-7-16-8-11/h1-8H,9-10H2,(H,17,18). The van der Waals surface area contributed by atoms with E-state index < -0.39 is 5.82 Å². The van der Waals surface area contributed by atoms with Crippen molar-refractivity contribution in [3.63, 3.8) is 0 Å². The number of para-hydroxylation sites is 1. The molecule has 98 valence electrons. The van der Waals surface area contributed by atoms with Crippen LogP contribution in [-0.4, -0.2) is 17.5 Å². The smallest absolute Gasteiger partial charge is 0.258 e. The van der Waals surface area contributed by atoms with E-state index in [1.807, 2.05) is 6.07 Å². The lowest BCUT2D eigenvalue weighted by molar-refractivity contribution is -0.123. The largest absolute Gasteiger partial charge is 0.481 e. The van der Waals surface area contributed by atoms with Crippen molar-refractivity contribution in [2.45, 2.75) is 6.54 Å². The van der Waals surface area contributed by atoms with Crippen molar-refractivity contribution in [2.24, 2.45) is 0 Å². The van der Waals surface area contributed by atoms with E-state index in [1.165, 1.54) is 12.1 Å². The average molecular weight is 260 g/mol. The molecule has 0 aliphatic heterocycles. The Morgan fingerprint density at radius 3 is 2.84 bits per heavy atom. The summed E-state index contributed by atoms with van der Waals surface area (Å²) in [6.45, 7) is 0.147. The number of nitrogens with zero attached hydrogens (tertiary/aromatic N) is 1. The Morgan fingerprint density at radius 2 is 2.11 bits per heavy atom. The second-order valence-electron chi connectivity index (χ2n) is 3.86. The summed E-state index contributed by atoms with van der Waals surface area (Å²) in [5, 5.41) is 2.66. The lowest BCUT2D eigenvalue weighted by Crippen LogP contribution is -2.28. The van der Waals surface area contributed by atoms with Gasteiger partial charge in [-0.2, -0.15) is 0 Å². The number of halogens is 1. The third kappa shape index (κ3) is 4.06. The number of pyridine rings is 1. The van der Waals surface area contributed by atoms with Crippen LogP contribution in [0.4, 0.5) is 4.39 Å². The van der Waals surface area contributed by atoms with E-state index in [0.717, 1.165) is 5.56 Å². The van der Waals surface area contributed by atoms with Gasteiger partial charge in [-0.25, -0.2) is 4.39 Å². The number of rotatable bonds is 5. The molecular formula is C14H13FN2O2. The van der Waals surface area contributed by atoms with Crippen LogP contribution in [0.25, 0.3) is 0 Å². The summed E-state index contributed by atoms with van der Waals surface area (Å²) in [5.74, 6) is -0.728. The first-order chi connectivity index (χ1) is 9.25. The monoisotopic (exact) mass is 260 g/mol. The quantitative estimate of drug-likeness (QED) is 0.893. The summed E-state index contributed by atoms with van der Waals surface area (Å²) in [5.41, 5.74) is 0.891. The minimum absolute atomic E-state index is 0.0685. The second-order valence-corrected chi connectivity index (χ2v) is 3.86. The maximum absolute atomic E-state index is 13.2. The molecule has 19 heavy (non-hydrogen) atoms. The average Bonchev–Trinajstić information content (AvgIpc) is 2.45. The summed E-state index contributed by atoms with van der Waals surface area (Å²) in [7, 11) is 0. The zero-order chi connectivity index (χ0) is 13.5. The SMILES string of the molecule is O=C(COc1ccccc1F)NCc1cccnc1. The van der Waals surface area contributed by atoms with Gasteiger partial charge in [0.05, 0.1) is 0 Å². The Labute approximate surface area is 110 Å². The highest BCUT2D eigenvalue weighted by molar-refractivity contribution is 5.77. The van der Waals surface area contributed by atoms with Crippen molar-refractivity contribution in [3.8, 4) is 5.75 Å². The van der Waals surface area contributed by atoms with Gasteiger partial charge in [-0.15, -0.1) is 0 Å². The fourth-order valence-electron chi connectivity index (χ4n) is 1.46. The molecule has 0 saturated carbocycles. The molecule has 1 amide bonds. The fourth-order valence-corrected chi connectivity index (χ4v) is 1.46. The Hall–Kier alpha value is -2.43.